The summed E-state index contributed by atoms with van der Waals surface area (Å²) in [6.07, 6.45) is 1.85. The zero-order valence-corrected chi connectivity index (χ0v) is 10.3. The van der Waals surface area contributed by atoms with Crippen LogP contribution in [0.3, 0.4) is 0 Å². The predicted octanol–water partition coefficient (Wildman–Crippen LogP) is 2.27. The summed E-state index contributed by atoms with van der Waals surface area (Å²) in [7, 11) is 0. The Balaban J connectivity index is 2.28. The summed E-state index contributed by atoms with van der Waals surface area (Å²) in [6.45, 7) is 0.721. The molecule has 2 rings (SSSR count). The van der Waals surface area contributed by atoms with Gasteiger partial charge >= 0.3 is 0 Å². The molecule has 0 saturated carbocycles. The highest BCUT2D eigenvalue weighted by Crippen LogP contribution is 2.29. The highest BCUT2D eigenvalue weighted by atomic mass is 79.9. The van der Waals surface area contributed by atoms with Crippen LogP contribution >= 0.6 is 15.9 Å². The van der Waals surface area contributed by atoms with Crippen LogP contribution in [0, 0.1) is 5.82 Å². The first kappa shape index (κ1) is 12.0. The molecule has 16 heavy (non-hydrogen) atoms. The smallest absolute Gasteiger partial charge is 0.128 e. The van der Waals surface area contributed by atoms with Gasteiger partial charge in [0.05, 0.1) is 12.1 Å². The lowest BCUT2D eigenvalue weighted by atomic mass is 9.99. The summed E-state index contributed by atoms with van der Waals surface area (Å²) in [5.74, 6) is 5.23. The molecule has 0 aromatic heterocycles. The third kappa shape index (κ3) is 2.43. The molecule has 1 saturated heterocycles. The first-order valence-electron chi connectivity index (χ1n) is 5.25. The number of nitrogens with two attached hydrogens (primary N) is 1. The minimum Gasteiger partial charge on any atom is -0.376 e. The van der Waals surface area contributed by atoms with Crippen molar-refractivity contribution in [1.82, 2.24) is 5.43 Å². The maximum Gasteiger partial charge on any atom is 0.128 e. The van der Waals surface area contributed by atoms with Gasteiger partial charge in [0.15, 0.2) is 0 Å². The van der Waals surface area contributed by atoms with Gasteiger partial charge in [-0.1, -0.05) is 15.9 Å². The van der Waals surface area contributed by atoms with Crippen LogP contribution in [0.15, 0.2) is 22.7 Å². The summed E-state index contributed by atoms with van der Waals surface area (Å²) in [4.78, 5) is 0. The van der Waals surface area contributed by atoms with Crippen LogP contribution in [0.2, 0.25) is 0 Å². The van der Waals surface area contributed by atoms with Crippen LogP contribution in [0.4, 0.5) is 4.39 Å². The fourth-order valence-corrected chi connectivity index (χ4v) is 2.39. The van der Waals surface area contributed by atoms with E-state index in [0.717, 1.165) is 23.9 Å². The second-order valence-electron chi connectivity index (χ2n) is 3.86. The minimum atomic E-state index is -0.292. The maximum absolute atomic E-state index is 13.7. The van der Waals surface area contributed by atoms with Crippen molar-refractivity contribution in [3.05, 3.63) is 34.1 Å². The summed E-state index contributed by atoms with van der Waals surface area (Å²) in [6, 6.07) is 4.54. The summed E-state index contributed by atoms with van der Waals surface area (Å²) in [5, 5.41) is 0. The van der Waals surface area contributed by atoms with Crippen LogP contribution in [0.1, 0.15) is 24.4 Å². The van der Waals surface area contributed by atoms with Crippen molar-refractivity contribution in [2.75, 3.05) is 6.61 Å². The van der Waals surface area contributed by atoms with E-state index in [1.807, 2.05) is 0 Å². The molecule has 5 heteroatoms. The molecule has 2 unspecified atom stereocenters. The van der Waals surface area contributed by atoms with E-state index in [0.29, 0.717) is 5.56 Å². The summed E-state index contributed by atoms with van der Waals surface area (Å²) < 4.78 is 20.1. The number of halogens is 2. The molecule has 3 N–H and O–H groups in total. The summed E-state index contributed by atoms with van der Waals surface area (Å²) in [5.41, 5.74) is 3.19. The van der Waals surface area contributed by atoms with Crippen LogP contribution in [-0.2, 0) is 4.74 Å². The van der Waals surface area contributed by atoms with Crippen molar-refractivity contribution < 1.29 is 9.13 Å². The molecule has 2 atom stereocenters. The Morgan fingerprint density at radius 2 is 2.38 bits per heavy atom. The van der Waals surface area contributed by atoms with Crippen molar-refractivity contribution in [2.24, 2.45) is 5.84 Å². The lowest BCUT2D eigenvalue weighted by Gasteiger charge is -2.23. The molecule has 0 radical (unpaired) electrons. The Morgan fingerprint density at radius 3 is 3.00 bits per heavy atom. The van der Waals surface area contributed by atoms with Gasteiger partial charge in [-0.15, -0.1) is 0 Å². The van der Waals surface area contributed by atoms with E-state index in [4.69, 9.17) is 10.6 Å². The molecule has 1 aliphatic rings. The molecule has 88 valence electrons. The number of benzene rings is 1. The van der Waals surface area contributed by atoms with Crippen LogP contribution < -0.4 is 11.3 Å². The predicted molar refractivity (Wildman–Crippen MR) is 63.1 cm³/mol. The largest absolute Gasteiger partial charge is 0.376 e. The Morgan fingerprint density at radius 1 is 1.56 bits per heavy atom. The van der Waals surface area contributed by atoms with Crippen LogP contribution in [0.5, 0.6) is 0 Å². The third-order valence-electron chi connectivity index (χ3n) is 2.81. The Hall–Kier alpha value is -0.490. The van der Waals surface area contributed by atoms with E-state index in [2.05, 4.69) is 21.4 Å². The first-order valence-corrected chi connectivity index (χ1v) is 6.04. The average Bonchev–Trinajstić information content (AvgIpc) is 2.78. The molecule has 1 fully saturated rings. The molecule has 0 aliphatic carbocycles. The molecule has 1 aromatic rings. The highest BCUT2D eigenvalue weighted by molar-refractivity contribution is 9.10. The Kier molecular flexibility index (Phi) is 3.91. The quantitative estimate of drug-likeness (QED) is 0.663. The van der Waals surface area contributed by atoms with Crippen LogP contribution in [0.25, 0.3) is 0 Å². The molecule has 1 aromatic carbocycles. The third-order valence-corrected chi connectivity index (χ3v) is 3.30. The molecule has 0 amide bonds. The van der Waals surface area contributed by atoms with Crippen molar-refractivity contribution >= 4 is 15.9 Å². The topological polar surface area (TPSA) is 47.3 Å². The van der Waals surface area contributed by atoms with Gasteiger partial charge in [-0.05, 0) is 31.0 Å². The maximum atomic E-state index is 13.7. The SMILES string of the molecule is NNC(c1cc(Br)ccc1F)C1CCCO1. The fourth-order valence-electron chi connectivity index (χ4n) is 2.02. The lowest BCUT2D eigenvalue weighted by Crippen LogP contribution is -2.36. The molecular weight excluding hydrogens is 275 g/mol. The number of hydrogen-bond acceptors (Lipinski definition) is 3. The van der Waals surface area contributed by atoms with Gasteiger partial charge in [0, 0.05) is 16.6 Å². The Labute approximate surface area is 102 Å². The Bertz CT molecular complexity index is 369. The zero-order chi connectivity index (χ0) is 11.5. The minimum absolute atomic E-state index is 0.0474. The number of hydrogen-bond donors (Lipinski definition) is 2. The summed E-state index contributed by atoms with van der Waals surface area (Å²) >= 11 is 3.33. The number of nitrogens with one attached hydrogen (secondary N) is 1. The zero-order valence-electron chi connectivity index (χ0n) is 8.75. The van der Waals surface area contributed by atoms with Gasteiger partial charge < -0.3 is 4.74 Å². The number of rotatable bonds is 3. The van der Waals surface area contributed by atoms with Crippen molar-refractivity contribution in [3.8, 4) is 0 Å². The number of ether oxygens (including phenoxy) is 1. The van der Waals surface area contributed by atoms with Gasteiger partial charge in [0.25, 0.3) is 0 Å². The van der Waals surface area contributed by atoms with Gasteiger partial charge in [0.1, 0.15) is 5.82 Å². The van der Waals surface area contributed by atoms with Gasteiger partial charge in [0.2, 0.25) is 0 Å². The second-order valence-corrected chi connectivity index (χ2v) is 4.78. The molecular formula is C11H14BrFN2O. The standard InChI is InChI=1S/C11H14BrFN2O/c12-7-3-4-9(13)8(6-7)11(15-14)10-2-1-5-16-10/h3-4,6,10-11,15H,1-2,5,14H2. The molecule has 1 aliphatic heterocycles. The van der Waals surface area contributed by atoms with Gasteiger partial charge in [-0.3, -0.25) is 11.3 Å². The van der Waals surface area contributed by atoms with Crippen molar-refractivity contribution in [2.45, 2.75) is 25.0 Å². The monoisotopic (exact) mass is 288 g/mol. The van der Waals surface area contributed by atoms with Gasteiger partial charge in [-0.25, -0.2) is 4.39 Å². The second kappa shape index (κ2) is 5.23. The lowest BCUT2D eigenvalue weighted by molar-refractivity contribution is 0.0772. The molecule has 1 heterocycles. The van der Waals surface area contributed by atoms with Crippen molar-refractivity contribution in [1.29, 1.82) is 0 Å². The molecule has 3 nitrogen and oxygen atoms in total. The van der Waals surface area contributed by atoms with E-state index >= 15 is 0 Å². The van der Waals surface area contributed by atoms with E-state index in [1.165, 1.54) is 6.07 Å². The van der Waals surface area contributed by atoms with E-state index in [1.54, 1.807) is 12.1 Å². The van der Waals surface area contributed by atoms with Crippen molar-refractivity contribution in [3.63, 3.8) is 0 Å². The first-order chi connectivity index (χ1) is 7.72. The molecule has 0 bridgehead atoms. The normalized spacial score (nSPS) is 22.3. The van der Waals surface area contributed by atoms with E-state index in [9.17, 15) is 4.39 Å². The highest BCUT2D eigenvalue weighted by Gasteiger charge is 2.28. The van der Waals surface area contributed by atoms with E-state index in [-0.39, 0.29) is 18.0 Å². The number of hydrazine groups is 1. The average molecular weight is 289 g/mol. The van der Waals surface area contributed by atoms with E-state index < -0.39 is 0 Å². The molecule has 0 spiro atoms. The van der Waals surface area contributed by atoms with Gasteiger partial charge in [-0.2, -0.15) is 0 Å². The fraction of sp³-hybridized carbons (Fsp3) is 0.455. The van der Waals surface area contributed by atoms with Crippen LogP contribution in [-0.4, -0.2) is 12.7 Å².